The molecule has 2 saturated heterocycles. The fraction of sp³-hybridized carbons (Fsp3) is 0.462. The second-order valence-electron chi connectivity index (χ2n) is 4.69. The molecular weight excluding hydrogens is 232 g/mol. The van der Waals surface area contributed by atoms with E-state index in [-0.39, 0.29) is 16.2 Å². The van der Waals surface area contributed by atoms with Crippen LogP contribution in [0.25, 0.3) is 0 Å². The highest BCUT2D eigenvalue weighted by Gasteiger charge is 2.53. The minimum Gasteiger partial charge on any atom is -0.338 e. The van der Waals surface area contributed by atoms with Crippen molar-refractivity contribution in [2.75, 3.05) is 13.6 Å². The van der Waals surface area contributed by atoms with Gasteiger partial charge >= 0.3 is 0 Å². The van der Waals surface area contributed by atoms with Gasteiger partial charge in [0.25, 0.3) is 5.91 Å². The molecule has 0 radical (unpaired) electrons. The summed E-state index contributed by atoms with van der Waals surface area (Å²) >= 11 is 1.76. The van der Waals surface area contributed by atoms with Crippen LogP contribution in [0, 0.1) is 0 Å². The van der Waals surface area contributed by atoms with Crippen molar-refractivity contribution in [3.05, 3.63) is 35.9 Å². The minimum absolute atomic E-state index is 0.101. The monoisotopic (exact) mass is 248 g/mol. The van der Waals surface area contributed by atoms with Crippen molar-refractivity contribution in [1.82, 2.24) is 10.2 Å². The predicted octanol–water partition coefficient (Wildman–Crippen LogP) is 1.97. The zero-order chi connectivity index (χ0) is 11.9. The molecule has 2 aliphatic heterocycles. The van der Waals surface area contributed by atoms with Gasteiger partial charge in [0.15, 0.2) is 0 Å². The van der Waals surface area contributed by atoms with E-state index in [1.165, 1.54) is 5.56 Å². The molecule has 0 saturated carbocycles. The van der Waals surface area contributed by atoms with Crippen LogP contribution < -0.4 is 5.32 Å². The smallest absolute Gasteiger partial charge is 0.252 e. The zero-order valence-corrected chi connectivity index (χ0v) is 10.7. The van der Waals surface area contributed by atoms with Crippen molar-refractivity contribution < 1.29 is 4.79 Å². The summed E-state index contributed by atoms with van der Waals surface area (Å²) in [6.45, 7) is 1.02. The Hall–Kier alpha value is -1.00. The molecule has 0 aromatic heterocycles. The van der Waals surface area contributed by atoms with Gasteiger partial charge in [0, 0.05) is 0 Å². The lowest BCUT2D eigenvalue weighted by atomic mass is 10.2. The van der Waals surface area contributed by atoms with Crippen molar-refractivity contribution in [1.29, 1.82) is 0 Å². The molecule has 4 heteroatoms. The third-order valence-electron chi connectivity index (χ3n) is 3.66. The third kappa shape index (κ3) is 1.67. The Morgan fingerprint density at radius 1 is 1.41 bits per heavy atom. The van der Waals surface area contributed by atoms with E-state index in [9.17, 15) is 4.79 Å². The molecule has 2 aliphatic rings. The van der Waals surface area contributed by atoms with Crippen LogP contribution in [-0.4, -0.2) is 29.3 Å². The van der Waals surface area contributed by atoms with Gasteiger partial charge in [-0.1, -0.05) is 42.1 Å². The van der Waals surface area contributed by atoms with Gasteiger partial charge in [-0.15, -0.1) is 0 Å². The molecule has 2 heterocycles. The number of rotatable bonds is 1. The first-order valence-electron chi connectivity index (χ1n) is 5.97. The zero-order valence-electron chi connectivity index (χ0n) is 9.85. The first-order valence-corrected chi connectivity index (χ1v) is 6.85. The van der Waals surface area contributed by atoms with Gasteiger partial charge in [-0.25, -0.2) is 0 Å². The molecule has 1 N–H and O–H groups in total. The van der Waals surface area contributed by atoms with Gasteiger partial charge in [-0.2, -0.15) is 0 Å². The molecule has 1 amide bonds. The number of likely N-dealkylation sites (tertiary alicyclic amines) is 1. The van der Waals surface area contributed by atoms with E-state index in [1.54, 1.807) is 11.8 Å². The summed E-state index contributed by atoms with van der Waals surface area (Å²) in [5.74, 6) is 0.177. The molecule has 90 valence electrons. The van der Waals surface area contributed by atoms with Gasteiger partial charge in [-0.05, 0) is 32.0 Å². The van der Waals surface area contributed by atoms with Gasteiger partial charge in [-0.3, -0.25) is 9.69 Å². The highest BCUT2D eigenvalue weighted by Crippen LogP contribution is 2.49. The average molecular weight is 248 g/mol. The standard InChI is InChI=1S/C13H16N2OS/c1-15-9-5-8-13(15)12(16)14-11(17-13)10-6-3-2-4-7-10/h2-4,6-7,11H,5,8-9H2,1H3,(H,14,16). The average Bonchev–Trinajstić information content (AvgIpc) is 2.88. The summed E-state index contributed by atoms with van der Waals surface area (Å²) in [5.41, 5.74) is 1.18. The SMILES string of the molecule is CN1CCCC12SC(c1ccccc1)NC2=O. The molecule has 0 aliphatic carbocycles. The van der Waals surface area contributed by atoms with Crippen LogP contribution in [0.2, 0.25) is 0 Å². The first-order chi connectivity index (χ1) is 8.22. The van der Waals surface area contributed by atoms with Gasteiger partial charge < -0.3 is 5.32 Å². The molecule has 2 atom stereocenters. The van der Waals surface area contributed by atoms with Crippen LogP contribution >= 0.6 is 11.8 Å². The number of carbonyl (C=O) groups is 1. The number of nitrogens with zero attached hydrogens (tertiary/aromatic N) is 1. The van der Waals surface area contributed by atoms with E-state index >= 15 is 0 Å². The topological polar surface area (TPSA) is 32.3 Å². The number of benzene rings is 1. The summed E-state index contributed by atoms with van der Waals surface area (Å²) in [6.07, 6.45) is 2.07. The number of hydrogen-bond acceptors (Lipinski definition) is 3. The minimum atomic E-state index is -0.319. The molecule has 2 fully saturated rings. The molecule has 3 rings (SSSR count). The van der Waals surface area contributed by atoms with Crippen molar-refractivity contribution >= 4 is 17.7 Å². The molecule has 17 heavy (non-hydrogen) atoms. The van der Waals surface area contributed by atoms with Gasteiger partial charge in [0.2, 0.25) is 0 Å². The van der Waals surface area contributed by atoms with Gasteiger partial charge in [0.05, 0.1) is 0 Å². The first kappa shape index (κ1) is 11.1. The number of carbonyl (C=O) groups excluding carboxylic acids is 1. The molecular formula is C13H16N2OS. The fourth-order valence-electron chi connectivity index (χ4n) is 2.65. The summed E-state index contributed by atoms with van der Waals surface area (Å²) < 4.78 is 0. The van der Waals surface area contributed by atoms with Crippen LogP contribution in [-0.2, 0) is 4.79 Å². The molecule has 0 bridgehead atoms. The van der Waals surface area contributed by atoms with E-state index in [2.05, 4.69) is 22.3 Å². The highest BCUT2D eigenvalue weighted by molar-refractivity contribution is 8.02. The molecule has 1 aromatic rings. The Labute approximate surface area is 106 Å². The quantitative estimate of drug-likeness (QED) is 0.824. The summed E-state index contributed by atoms with van der Waals surface area (Å²) in [7, 11) is 2.05. The molecule has 1 aromatic carbocycles. The van der Waals surface area contributed by atoms with E-state index in [0.717, 1.165) is 19.4 Å². The van der Waals surface area contributed by atoms with Crippen LogP contribution in [0.4, 0.5) is 0 Å². The van der Waals surface area contributed by atoms with Crippen LogP contribution in [0.5, 0.6) is 0 Å². The van der Waals surface area contributed by atoms with E-state index in [4.69, 9.17) is 0 Å². The van der Waals surface area contributed by atoms with Crippen molar-refractivity contribution in [2.24, 2.45) is 0 Å². The van der Waals surface area contributed by atoms with E-state index in [0.29, 0.717) is 0 Å². The molecule has 2 unspecified atom stereocenters. The summed E-state index contributed by atoms with van der Waals surface area (Å²) in [5, 5.41) is 3.22. The maximum atomic E-state index is 12.2. The van der Waals surface area contributed by atoms with E-state index in [1.807, 2.05) is 25.2 Å². The lowest BCUT2D eigenvalue weighted by Crippen LogP contribution is -2.45. The largest absolute Gasteiger partial charge is 0.338 e. The Morgan fingerprint density at radius 3 is 2.82 bits per heavy atom. The number of thioether (sulfide) groups is 1. The number of hydrogen-bond donors (Lipinski definition) is 1. The highest BCUT2D eigenvalue weighted by atomic mass is 32.2. The Kier molecular flexibility index (Phi) is 2.64. The molecule has 1 spiro atoms. The van der Waals surface area contributed by atoms with Crippen LogP contribution in [0.3, 0.4) is 0 Å². The lowest BCUT2D eigenvalue weighted by molar-refractivity contribution is -0.125. The van der Waals surface area contributed by atoms with Crippen molar-refractivity contribution in [3.8, 4) is 0 Å². The molecule has 3 nitrogen and oxygen atoms in total. The maximum Gasteiger partial charge on any atom is 0.252 e. The number of amides is 1. The summed E-state index contributed by atoms with van der Waals surface area (Å²) in [4.78, 5) is 14.1. The van der Waals surface area contributed by atoms with Gasteiger partial charge in [0.1, 0.15) is 10.2 Å². The Bertz CT molecular complexity index is 436. The van der Waals surface area contributed by atoms with Crippen LogP contribution in [0.1, 0.15) is 23.8 Å². The second-order valence-corrected chi connectivity index (χ2v) is 6.07. The predicted molar refractivity (Wildman–Crippen MR) is 69.5 cm³/mol. The van der Waals surface area contributed by atoms with Crippen molar-refractivity contribution in [3.63, 3.8) is 0 Å². The van der Waals surface area contributed by atoms with E-state index < -0.39 is 0 Å². The third-order valence-corrected chi connectivity index (χ3v) is 5.37. The second kappa shape index (κ2) is 4.03. The number of likely N-dealkylation sites (N-methyl/N-ethyl adjacent to an activating group) is 1. The van der Waals surface area contributed by atoms with Crippen LogP contribution in [0.15, 0.2) is 30.3 Å². The summed E-state index contributed by atoms with van der Waals surface area (Å²) in [6, 6.07) is 10.2. The Balaban J connectivity index is 1.87. The lowest BCUT2D eigenvalue weighted by Gasteiger charge is -2.27. The number of nitrogens with one attached hydrogen (secondary N) is 1. The fourth-order valence-corrected chi connectivity index (χ4v) is 4.20. The Morgan fingerprint density at radius 2 is 2.18 bits per heavy atom. The van der Waals surface area contributed by atoms with Crippen molar-refractivity contribution in [2.45, 2.75) is 23.1 Å². The normalized spacial score (nSPS) is 33.2. The maximum absolute atomic E-state index is 12.2.